The van der Waals surface area contributed by atoms with Crippen LogP contribution in [0.2, 0.25) is 10.0 Å². The molecule has 1 fully saturated rings. The fourth-order valence-corrected chi connectivity index (χ4v) is 5.93. The molecule has 3 aromatic heterocycles. The zero-order chi connectivity index (χ0) is 27.2. The molecule has 0 aliphatic carbocycles. The van der Waals surface area contributed by atoms with Gasteiger partial charge >= 0.3 is 6.18 Å². The fourth-order valence-electron chi connectivity index (χ4n) is 3.57. The van der Waals surface area contributed by atoms with Crippen LogP contribution in [-0.4, -0.2) is 58.8 Å². The molecule has 9 nitrogen and oxygen atoms in total. The van der Waals surface area contributed by atoms with E-state index in [2.05, 4.69) is 20.1 Å². The number of nitrogens with zero attached hydrogens (tertiary/aromatic N) is 3. The second kappa shape index (κ2) is 9.80. The van der Waals surface area contributed by atoms with Crippen molar-refractivity contribution >= 4 is 44.5 Å². The molecule has 0 aromatic carbocycles. The Bertz CT molecular complexity index is 1470. The lowest BCUT2D eigenvalue weighted by Gasteiger charge is -2.34. The lowest BCUT2D eigenvalue weighted by atomic mass is 9.94. The third kappa shape index (κ3) is 6.18. The van der Waals surface area contributed by atoms with E-state index < -0.39 is 51.5 Å². The number of aromatic nitrogens is 3. The average molecular weight is 585 g/mol. The Kier molecular flexibility index (Phi) is 7.20. The van der Waals surface area contributed by atoms with Gasteiger partial charge in [0, 0.05) is 23.9 Å². The second-order valence-corrected chi connectivity index (χ2v) is 11.6. The highest BCUT2D eigenvalue weighted by atomic mass is 35.5. The predicted molar refractivity (Wildman–Crippen MR) is 125 cm³/mol. The molecular weight excluding hydrogens is 567 g/mol. The van der Waals surface area contributed by atoms with Crippen molar-refractivity contribution in [2.45, 2.75) is 31.5 Å². The van der Waals surface area contributed by atoms with E-state index in [9.17, 15) is 30.8 Å². The van der Waals surface area contributed by atoms with Crippen LogP contribution in [0, 0.1) is 5.82 Å². The number of halogens is 6. The number of carbonyl (C=O) groups excluding carboxylic acids is 1. The van der Waals surface area contributed by atoms with Crippen molar-refractivity contribution < 1.29 is 40.2 Å². The molecule has 1 saturated heterocycles. The van der Waals surface area contributed by atoms with Gasteiger partial charge in [-0.25, -0.2) is 22.3 Å². The lowest BCUT2D eigenvalue weighted by molar-refractivity contribution is -0.153. The third-order valence-corrected chi connectivity index (χ3v) is 7.96. The van der Waals surface area contributed by atoms with Gasteiger partial charge < -0.3 is 14.8 Å². The van der Waals surface area contributed by atoms with E-state index in [1.54, 1.807) is 6.92 Å². The average Bonchev–Trinajstić information content (AvgIpc) is 3.14. The Morgan fingerprint density at radius 2 is 1.89 bits per heavy atom. The minimum Gasteiger partial charge on any atom is -0.478 e. The molecule has 0 unspecified atom stereocenters. The van der Waals surface area contributed by atoms with Crippen LogP contribution in [0.15, 0.2) is 24.5 Å². The summed E-state index contributed by atoms with van der Waals surface area (Å²) in [6.07, 6.45) is -2.21. The van der Waals surface area contributed by atoms with Crippen LogP contribution in [0.25, 0.3) is 5.52 Å². The molecule has 1 aliphatic rings. The molecule has 3 aromatic rings. The minimum absolute atomic E-state index is 0.0437. The summed E-state index contributed by atoms with van der Waals surface area (Å²) in [5, 5.41) is 6.59. The number of sulfone groups is 1. The van der Waals surface area contributed by atoms with E-state index in [0.29, 0.717) is 12.3 Å². The van der Waals surface area contributed by atoms with Crippen LogP contribution >= 0.6 is 23.2 Å². The standard InChI is InChI=1S/C21H18Cl2F4N4O5S/c1-20(3-6-37(33,34)7-4-20)29-18(32)16-15(23)17-14(22)12(2-5-31(17)30-16)36-19-13(8-11(24)9-28-19)35-10-21(25,26)27/h2,5,8-9H,3-4,6-7,10H2,1H3,(H,29,32). The van der Waals surface area contributed by atoms with E-state index in [-0.39, 0.29) is 51.4 Å². The Labute approximate surface area is 217 Å². The molecule has 0 radical (unpaired) electrons. The van der Waals surface area contributed by atoms with Gasteiger partial charge in [0.2, 0.25) is 0 Å². The first-order valence-electron chi connectivity index (χ1n) is 10.6. The van der Waals surface area contributed by atoms with Gasteiger partial charge in [0.1, 0.15) is 31.2 Å². The highest BCUT2D eigenvalue weighted by Crippen LogP contribution is 2.39. The summed E-state index contributed by atoms with van der Waals surface area (Å²) >= 11 is 12.8. The highest BCUT2D eigenvalue weighted by Gasteiger charge is 2.36. The number of fused-ring (bicyclic) bond motifs is 1. The molecule has 4 rings (SSSR count). The van der Waals surface area contributed by atoms with Gasteiger partial charge in [-0.2, -0.15) is 18.3 Å². The first kappa shape index (κ1) is 27.2. The predicted octanol–water partition coefficient (Wildman–Crippen LogP) is 4.61. The van der Waals surface area contributed by atoms with E-state index in [0.717, 1.165) is 0 Å². The number of ether oxygens (including phenoxy) is 2. The number of amides is 1. The molecule has 1 N–H and O–H groups in total. The maximum absolute atomic E-state index is 13.6. The van der Waals surface area contributed by atoms with Gasteiger partial charge in [0.05, 0.1) is 17.7 Å². The molecule has 1 amide bonds. The second-order valence-electron chi connectivity index (χ2n) is 8.58. The quantitative estimate of drug-likeness (QED) is 0.421. The van der Waals surface area contributed by atoms with Gasteiger partial charge in [0.15, 0.2) is 23.8 Å². The van der Waals surface area contributed by atoms with Crippen LogP contribution in [0.1, 0.15) is 30.3 Å². The summed E-state index contributed by atoms with van der Waals surface area (Å²) in [5.74, 6) is -2.99. The van der Waals surface area contributed by atoms with Crippen molar-refractivity contribution in [3.05, 3.63) is 46.1 Å². The topological polar surface area (TPSA) is 112 Å². The van der Waals surface area contributed by atoms with Crippen LogP contribution in [0.3, 0.4) is 0 Å². The summed E-state index contributed by atoms with van der Waals surface area (Å²) in [7, 11) is -3.15. The first-order chi connectivity index (χ1) is 17.2. The third-order valence-electron chi connectivity index (χ3n) is 5.59. The van der Waals surface area contributed by atoms with Crippen molar-refractivity contribution in [1.82, 2.24) is 19.9 Å². The van der Waals surface area contributed by atoms with Gasteiger partial charge in [-0.05, 0) is 19.8 Å². The smallest absolute Gasteiger partial charge is 0.422 e. The Balaban J connectivity index is 1.61. The maximum Gasteiger partial charge on any atom is 0.422 e. The molecule has 4 heterocycles. The van der Waals surface area contributed by atoms with Crippen molar-refractivity contribution in [2.24, 2.45) is 0 Å². The molecule has 16 heteroatoms. The summed E-state index contributed by atoms with van der Waals surface area (Å²) in [4.78, 5) is 16.6. The number of pyridine rings is 2. The number of hydrogen-bond donors (Lipinski definition) is 1. The Morgan fingerprint density at radius 1 is 1.22 bits per heavy atom. The molecule has 0 bridgehead atoms. The monoisotopic (exact) mass is 584 g/mol. The SMILES string of the molecule is CC1(NC(=O)c2nn3ccc(Oc4ncc(F)cc4OCC(F)(F)F)c(Cl)c3c2Cl)CCS(=O)(=O)CC1. The number of hydrogen-bond acceptors (Lipinski definition) is 7. The van der Waals surface area contributed by atoms with Crippen LogP contribution < -0.4 is 14.8 Å². The molecule has 37 heavy (non-hydrogen) atoms. The number of alkyl halides is 3. The molecule has 0 spiro atoms. The summed E-state index contributed by atoms with van der Waals surface area (Å²) < 4.78 is 86.0. The maximum atomic E-state index is 13.6. The van der Waals surface area contributed by atoms with Crippen molar-refractivity contribution in [3.63, 3.8) is 0 Å². The highest BCUT2D eigenvalue weighted by molar-refractivity contribution is 7.91. The Hall–Kier alpha value is -2.84. The van der Waals surface area contributed by atoms with Crippen LogP contribution in [0.5, 0.6) is 17.4 Å². The first-order valence-corrected chi connectivity index (χ1v) is 13.2. The molecule has 1 aliphatic heterocycles. The molecule has 0 atom stereocenters. The van der Waals surface area contributed by atoms with Crippen molar-refractivity contribution in [2.75, 3.05) is 18.1 Å². The van der Waals surface area contributed by atoms with Gasteiger partial charge in [-0.3, -0.25) is 4.79 Å². The zero-order valence-electron chi connectivity index (χ0n) is 18.9. The zero-order valence-corrected chi connectivity index (χ0v) is 21.2. The summed E-state index contributed by atoms with van der Waals surface area (Å²) in [6.45, 7) is 0.00930. The van der Waals surface area contributed by atoms with E-state index >= 15 is 0 Å². The largest absolute Gasteiger partial charge is 0.478 e. The minimum atomic E-state index is -4.69. The molecule has 0 saturated carbocycles. The normalized spacial score (nSPS) is 16.9. The van der Waals surface area contributed by atoms with Gasteiger partial charge in [0.25, 0.3) is 11.8 Å². The number of nitrogens with one attached hydrogen (secondary N) is 1. The lowest BCUT2D eigenvalue weighted by Crippen LogP contribution is -2.51. The fraction of sp³-hybridized carbons (Fsp3) is 0.381. The van der Waals surface area contributed by atoms with Crippen LogP contribution in [-0.2, 0) is 9.84 Å². The van der Waals surface area contributed by atoms with E-state index in [1.807, 2.05) is 0 Å². The van der Waals surface area contributed by atoms with Crippen molar-refractivity contribution in [3.8, 4) is 17.4 Å². The summed E-state index contributed by atoms with van der Waals surface area (Å²) in [6, 6.07) is 1.96. The van der Waals surface area contributed by atoms with Gasteiger partial charge in [-0.1, -0.05) is 23.2 Å². The van der Waals surface area contributed by atoms with E-state index in [4.69, 9.17) is 27.9 Å². The van der Waals surface area contributed by atoms with Crippen LogP contribution in [0.4, 0.5) is 17.6 Å². The number of carbonyl (C=O) groups is 1. The Morgan fingerprint density at radius 3 is 2.54 bits per heavy atom. The van der Waals surface area contributed by atoms with Crippen molar-refractivity contribution in [1.29, 1.82) is 0 Å². The van der Waals surface area contributed by atoms with E-state index in [1.165, 1.54) is 16.8 Å². The van der Waals surface area contributed by atoms with Gasteiger partial charge in [-0.15, -0.1) is 0 Å². The number of rotatable bonds is 6. The molecular formula is C21H18Cl2F4N4O5S. The summed E-state index contributed by atoms with van der Waals surface area (Å²) in [5.41, 5.74) is -0.938. The molecule has 200 valence electrons.